The van der Waals surface area contributed by atoms with Crippen molar-refractivity contribution in [2.45, 2.75) is 39.2 Å². The highest BCUT2D eigenvalue weighted by atomic mass is 35.5. The van der Waals surface area contributed by atoms with Gasteiger partial charge in [-0.3, -0.25) is 0 Å². The van der Waals surface area contributed by atoms with Gasteiger partial charge in [-0.25, -0.2) is 12.7 Å². The average molecular weight is 498 g/mol. The van der Waals surface area contributed by atoms with E-state index >= 15 is 0 Å². The Morgan fingerprint density at radius 3 is 2.50 bits per heavy atom. The molecule has 0 amide bonds. The lowest BCUT2D eigenvalue weighted by molar-refractivity contribution is 0.265. The Hall–Kier alpha value is -2.46. The summed E-state index contributed by atoms with van der Waals surface area (Å²) in [5.74, 6) is 7.15. The van der Waals surface area contributed by atoms with Crippen molar-refractivity contribution in [2.75, 3.05) is 31.2 Å². The molecule has 34 heavy (non-hydrogen) atoms. The van der Waals surface area contributed by atoms with Gasteiger partial charge in [0.25, 0.3) is 0 Å². The third-order valence-corrected chi connectivity index (χ3v) is 8.16. The van der Waals surface area contributed by atoms with Gasteiger partial charge in [0.2, 0.25) is 10.0 Å². The molecule has 1 saturated heterocycles. The molecular weight excluding hydrogens is 466 g/mol. The van der Waals surface area contributed by atoms with E-state index in [4.69, 9.17) is 11.6 Å². The van der Waals surface area contributed by atoms with Crippen molar-refractivity contribution in [1.82, 2.24) is 8.87 Å². The Morgan fingerprint density at radius 2 is 1.82 bits per heavy atom. The molecule has 0 bridgehead atoms. The number of anilines is 1. The number of halogens is 1. The number of aromatic nitrogens is 1. The van der Waals surface area contributed by atoms with Gasteiger partial charge in [0.1, 0.15) is 0 Å². The summed E-state index contributed by atoms with van der Waals surface area (Å²) in [5.41, 5.74) is 4.57. The third kappa shape index (κ3) is 6.15. The van der Waals surface area contributed by atoms with Gasteiger partial charge in [-0.2, -0.15) is 0 Å². The van der Waals surface area contributed by atoms with Crippen molar-refractivity contribution in [2.24, 2.45) is 5.92 Å². The van der Waals surface area contributed by atoms with Crippen LogP contribution in [0.2, 0.25) is 5.02 Å². The topological polar surface area (TPSA) is 54.3 Å². The molecule has 7 heteroatoms. The molecule has 0 unspecified atom stereocenters. The van der Waals surface area contributed by atoms with Gasteiger partial charge in [-0.1, -0.05) is 23.6 Å². The zero-order valence-corrected chi connectivity index (χ0v) is 21.4. The van der Waals surface area contributed by atoms with Crippen molar-refractivity contribution in [3.05, 3.63) is 64.8 Å². The van der Waals surface area contributed by atoms with E-state index in [1.54, 1.807) is 4.31 Å². The molecule has 0 aliphatic carbocycles. The van der Waals surface area contributed by atoms with Crippen LogP contribution in [0, 0.1) is 17.8 Å². The molecule has 1 aliphatic heterocycles. The molecule has 1 aromatic heterocycles. The predicted octanol–water partition coefficient (Wildman–Crippen LogP) is 5.38. The largest absolute Gasteiger partial charge is 0.374 e. The SMILES string of the molecule is CCn1c(C#CCNc2ccc(Cl)cc2)cc2cc(CCC3CCN(S(C)(=O)=O)CC3)ccc21. The highest BCUT2D eigenvalue weighted by Crippen LogP contribution is 2.26. The number of piperidine rings is 1. The molecule has 0 saturated carbocycles. The maximum atomic E-state index is 11.7. The van der Waals surface area contributed by atoms with E-state index in [1.807, 2.05) is 24.3 Å². The van der Waals surface area contributed by atoms with E-state index in [2.05, 4.69) is 52.9 Å². The van der Waals surface area contributed by atoms with Crippen LogP contribution in [-0.2, 0) is 23.0 Å². The fourth-order valence-electron chi connectivity index (χ4n) is 4.67. The van der Waals surface area contributed by atoms with Crippen molar-refractivity contribution < 1.29 is 8.42 Å². The average Bonchev–Trinajstić information content (AvgIpc) is 3.18. The van der Waals surface area contributed by atoms with Crippen LogP contribution in [0.5, 0.6) is 0 Å². The molecule has 4 rings (SSSR count). The summed E-state index contributed by atoms with van der Waals surface area (Å²) in [6.45, 7) is 4.88. The molecule has 0 radical (unpaired) electrons. The lowest BCUT2D eigenvalue weighted by Gasteiger charge is -2.30. The van der Waals surface area contributed by atoms with E-state index in [0.717, 1.165) is 48.6 Å². The van der Waals surface area contributed by atoms with Gasteiger partial charge in [-0.15, -0.1) is 0 Å². The second kappa shape index (κ2) is 10.9. The summed E-state index contributed by atoms with van der Waals surface area (Å²) in [7, 11) is -3.06. The Kier molecular flexibility index (Phi) is 7.88. The number of rotatable bonds is 7. The van der Waals surface area contributed by atoms with Gasteiger partial charge in [0.05, 0.1) is 18.5 Å². The van der Waals surface area contributed by atoms with Gasteiger partial charge < -0.3 is 9.88 Å². The maximum Gasteiger partial charge on any atom is 0.211 e. The number of hydrogen-bond acceptors (Lipinski definition) is 3. The molecule has 0 spiro atoms. The third-order valence-electron chi connectivity index (χ3n) is 6.61. The highest BCUT2D eigenvalue weighted by molar-refractivity contribution is 7.88. The second-order valence-corrected chi connectivity index (χ2v) is 11.4. The minimum Gasteiger partial charge on any atom is -0.374 e. The first-order valence-electron chi connectivity index (χ1n) is 11.9. The Labute approximate surface area is 208 Å². The number of hydrogen-bond donors (Lipinski definition) is 1. The van der Waals surface area contributed by atoms with Crippen molar-refractivity contribution in [1.29, 1.82) is 0 Å². The van der Waals surface area contributed by atoms with Gasteiger partial charge in [-0.05, 0) is 92.5 Å². The molecule has 3 aromatic rings. The molecule has 0 atom stereocenters. The standard InChI is InChI=1S/C27H32ClN3O2S/c1-3-31-26(5-4-16-29-25-11-9-24(28)10-12-25)20-23-19-22(8-13-27(23)31)7-6-21-14-17-30(18-15-21)34(2,32)33/h8-13,19-21,29H,3,6-7,14-18H2,1-2H3. The molecule has 1 aliphatic rings. The smallest absolute Gasteiger partial charge is 0.211 e. The summed E-state index contributed by atoms with van der Waals surface area (Å²) in [6, 6.07) is 16.5. The van der Waals surface area contributed by atoms with Crippen LogP contribution in [0.4, 0.5) is 5.69 Å². The van der Waals surface area contributed by atoms with Crippen LogP contribution in [0.25, 0.3) is 10.9 Å². The van der Waals surface area contributed by atoms with Crippen LogP contribution >= 0.6 is 11.6 Å². The van der Waals surface area contributed by atoms with Gasteiger partial charge in [0.15, 0.2) is 0 Å². The first kappa shape index (κ1) is 24.7. The zero-order chi connectivity index (χ0) is 24.1. The Bertz CT molecular complexity index is 1300. The Balaban J connectivity index is 1.38. The normalized spacial score (nSPS) is 15.3. The van der Waals surface area contributed by atoms with E-state index < -0.39 is 10.0 Å². The summed E-state index contributed by atoms with van der Waals surface area (Å²) < 4.78 is 27.3. The molecule has 2 aromatic carbocycles. The fourth-order valence-corrected chi connectivity index (χ4v) is 5.67. The summed E-state index contributed by atoms with van der Waals surface area (Å²) in [4.78, 5) is 0. The second-order valence-electron chi connectivity index (χ2n) is 8.97. The predicted molar refractivity (Wildman–Crippen MR) is 142 cm³/mol. The van der Waals surface area contributed by atoms with Crippen LogP contribution in [0.3, 0.4) is 0 Å². The highest BCUT2D eigenvalue weighted by Gasteiger charge is 2.24. The number of sulfonamides is 1. The van der Waals surface area contributed by atoms with Crippen LogP contribution in [0.15, 0.2) is 48.5 Å². The number of benzene rings is 2. The quantitative estimate of drug-likeness (QED) is 0.446. The maximum absolute atomic E-state index is 11.7. The van der Waals surface area contributed by atoms with Crippen LogP contribution < -0.4 is 5.32 Å². The van der Waals surface area contributed by atoms with Crippen molar-refractivity contribution in [3.8, 4) is 11.8 Å². The molecule has 5 nitrogen and oxygen atoms in total. The zero-order valence-electron chi connectivity index (χ0n) is 19.9. The van der Waals surface area contributed by atoms with Crippen LogP contribution in [0.1, 0.15) is 37.4 Å². The minimum atomic E-state index is -3.06. The Morgan fingerprint density at radius 1 is 1.09 bits per heavy atom. The van der Waals surface area contributed by atoms with Gasteiger partial charge in [0, 0.05) is 41.2 Å². The lowest BCUT2D eigenvalue weighted by atomic mass is 9.91. The first-order valence-corrected chi connectivity index (χ1v) is 14.1. The van der Waals surface area contributed by atoms with Crippen LogP contribution in [-0.4, -0.2) is 43.2 Å². The molecule has 1 fully saturated rings. The first-order chi connectivity index (χ1) is 16.3. The molecule has 2 heterocycles. The number of nitrogens with one attached hydrogen (secondary N) is 1. The van der Waals surface area contributed by atoms with E-state index in [9.17, 15) is 8.42 Å². The van der Waals surface area contributed by atoms with E-state index in [0.29, 0.717) is 25.6 Å². The van der Waals surface area contributed by atoms with E-state index in [1.165, 1.54) is 22.7 Å². The summed E-state index contributed by atoms with van der Waals surface area (Å²) >= 11 is 5.94. The molecule has 180 valence electrons. The molecular formula is C27H32ClN3O2S. The monoisotopic (exact) mass is 497 g/mol. The summed E-state index contributed by atoms with van der Waals surface area (Å²) in [6.07, 6.45) is 5.32. The van der Waals surface area contributed by atoms with E-state index in [-0.39, 0.29) is 0 Å². The lowest BCUT2D eigenvalue weighted by Crippen LogP contribution is -2.37. The number of nitrogens with zero attached hydrogens (tertiary/aromatic N) is 2. The molecule has 1 N–H and O–H groups in total. The summed E-state index contributed by atoms with van der Waals surface area (Å²) in [5, 5.41) is 5.25. The van der Waals surface area contributed by atoms with Crippen molar-refractivity contribution in [3.63, 3.8) is 0 Å². The van der Waals surface area contributed by atoms with Crippen molar-refractivity contribution >= 4 is 38.2 Å². The number of aryl methyl sites for hydroxylation is 2. The number of fused-ring (bicyclic) bond motifs is 1. The fraction of sp³-hybridized carbons (Fsp3) is 0.407. The van der Waals surface area contributed by atoms with Gasteiger partial charge >= 0.3 is 0 Å². The minimum absolute atomic E-state index is 0.566.